The highest BCUT2D eigenvalue weighted by Crippen LogP contribution is 2.38. The zero-order valence-corrected chi connectivity index (χ0v) is 11.4. The van der Waals surface area contributed by atoms with Crippen LogP contribution in [0.2, 0.25) is 0 Å². The fourth-order valence-corrected chi connectivity index (χ4v) is 3.96. The number of aryl methyl sites for hydroxylation is 1. The van der Waals surface area contributed by atoms with E-state index < -0.39 is 0 Å². The second kappa shape index (κ2) is 4.35. The number of hydrogen-bond donors (Lipinski definition) is 0. The maximum atomic E-state index is 6.36. The van der Waals surface area contributed by atoms with Crippen LogP contribution in [0.4, 0.5) is 0 Å². The van der Waals surface area contributed by atoms with Crippen molar-refractivity contribution in [2.75, 3.05) is 0 Å². The minimum absolute atomic E-state index is 0.00463. The van der Waals surface area contributed by atoms with Crippen molar-refractivity contribution in [2.24, 2.45) is 0 Å². The maximum Gasteiger partial charge on any atom is 0.102 e. The van der Waals surface area contributed by atoms with E-state index >= 15 is 0 Å². The van der Waals surface area contributed by atoms with E-state index in [1.807, 2.05) is 6.07 Å². The Morgan fingerprint density at radius 1 is 1.43 bits per heavy atom. The van der Waals surface area contributed by atoms with E-state index in [1.165, 1.54) is 14.6 Å². The fourth-order valence-electron chi connectivity index (χ4n) is 1.18. The SMILES string of the molecule is Cc1sc(C(Cl)c2cccs2)cc1Br. The fraction of sp³-hybridized carbons (Fsp3) is 0.200. The lowest BCUT2D eigenvalue weighted by Crippen LogP contribution is -1.83. The van der Waals surface area contributed by atoms with Crippen molar-refractivity contribution >= 4 is 50.2 Å². The Morgan fingerprint density at radius 2 is 2.21 bits per heavy atom. The molecule has 0 saturated heterocycles. The quantitative estimate of drug-likeness (QED) is 0.668. The molecular weight excluding hydrogens is 300 g/mol. The highest BCUT2D eigenvalue weighted by molar-refractivity contribution is 9.10. The monoisotopic (exact) mass is 306 g/mol. The topological polar surface area (TPSA) is 0 Å². The molecule has 1 atom stereocenters. The Hall–Kier alpha value is 0.170. The van der Waals surface area contributed by atoms with Gasteiger partial charge in [0.2, 0.25) is 0 Å². The molecule has 74 valence electrons. The van der Waals surface area contributed by atoms with Gasteiger partial charge in [-0.1, -0.05) is 6.07 Å². The van der Waals surface area contributed by atoms with Gasteiger partial charge in [-0.15, -0.1) is 34.3 Å². The smallest absolute Gasteiger partial charge is 0.102 e. The summed E-state index contributed by atoms with van der Waals surface area (Å²) in [6.07, 6.45) is 0. The van der Waals surface area contributed by atoms with Crippen molar-refractivity contribution in [1.29, 1.82) is 0 Å². The molecule has 0 spiro atoms. The molecule has 2 aromatic rings. The first kappa shape index (κ1) is 10.7. The molecular formula is C10H8BrClS2. The van der Waals surface area contributed by atoms with Crippen molar-refractivity contribution in [2.45, 2.75) is 12.3 Å². The van der Waals surface area contributed by atoms with E-state index in [1.54, 1.807) is 22.7 Å². The summed E-state index contributed by atoms with van der Waals surface area (Å²) >= 11 is 13.3. The van der Waals surface area contributed by atoms with Crippen molar-refractivity contribution in [3.8, 4) is 0 Å². The summed E-state index contributed by atoms with van der Waals surface area (Å²) < 4.78 is 1.15. The Labute approximate surface area is 105 Å². The molecule has 0 aliphatic rings. The number of thiophene rings is 2. The molecule has 2 rings (SSSR count). The lowest BCUT2D eigenvalue weighted by atomic mass is 10.3. The molecule has 0 aromatic carbocycles. The average Bonchev–Trinajstić information content (AvgIpc) is 2.76. The van der Waals surface area contributed by atoms with Crippen molar-refractivity contribution in [3.05, 3.63) is 42.7 Å². The largest absolute Gasteiger partial charge is 0.147 e. The van der Waals surface area contributed by atoms with E-state index in [0.717, 1.165) is 4.47 Å². The van der Waals surface area contributed by atoms with Gasteiger partial charge in [-0.05, 0) is 40.4 Å². The maximum absolute atomic E-state index is 6.36. The third-order valence-corrected chi connectivity index (χ3v) is 5.79. The van der Waals surface area contributed by atoms with Crippen LogP contribution in [0, 0.1) is 6.92 Å². The summed E-state index contributed by atoms with van der Waals surface area (Å²) in [5.41, 5.74) is 0. The number of hydrogen-bond acceptors (Lipinski definition) is 2. The second-order valence-corrected chi connectivity index (χ2v) is 6.49. The molecule has 0 radical (unpaired) electrons. The molecule has 0 bridgehead atoms. The van der Waals surface area contributed by atoms with Crippen molar-refractivity contribution in [3.63, 3.8) is 0 Å². The zero-order valence-electron chi connectivity index (χ0n) is 7.46. The zero-order chi connectivity index (χ0) is 10.1. The highest BCUT2D eigenvalue weighted by atomic mass is 79.9. The van der Waals surface area contributed by atoms with Crippen LogP contribution in [0.15, 0.2) is 28.1 Å². The standard InChI is InChI=1S/C10H8BrClS2/c1-6-7(11)5-9(14-6)10(12)8-3-2-4-13-8/h2-5,10H,1H3. The molecule has 1 unspecified atom stereocenters. The van der Waals surface area contributed by atoms with Crippen LogP contribution in [-0.4, -0.2) is 0 Å². The normalized spacial score (nSPS) is 13.1. The van der Waals surface area contributed by atoms with Crippen LogP contribution >= 0.6 is 50.2 Å². The Bertz CT molecular complexity index is 400. The van der Waals surface area contributed by atoms with Crippen LogP contribution in [0.5, 0.6) is 0 Å². The summed E-state index contributed by atoms with van der Waals surface area (Å²) in [7, 11) is 0. The van der Waals surface area contributed by atoms with Gasteiger partial charge in [-0.3, -0.25) is 0 Å². The lowest BCUT2D eigenvalue weighted by Gasteiger charge is -2.02. The predicted molar refractivity (Wildman–Crippen MR) is 68.8 cm³/mol. The lowest BCUT2D eigenvalue weighted by molar-refractivity contribution is 1.24. The van der Waals surface area contributed by atoms with E-state index in [2.05, 4.69) is 40.4 Å². The molecule has 14 heavy (non-hydrogen) atoms. The van der Waals surface area contributed by atoms with E-state index in [4.69, 9.17) is 11.6 Å². The summed E-state index contributed by atoms with van der Waals surface area (Å²) in [5, 5.41) is 2.06. The molecule has 0 saturated carbocycles. The Kier molecular flexibility index (Phi) is 3.32. The van der Waals surface area contributed by atoms with Crippen LogP contribution in [0.25, 0.3) is 0 Å². The summed E-state index contributed by atoms with van der Waals surface area (Å²) in [4.78, 5) is 3.70. The van der Waals surface area contributed by atoms with Crippen molar-refractivity contribution < 1.29 is 0 Å². The van der Waals surface area contributed by atoms with E-state index in [-0.39, 0.29) is 5.38 Å². The van der Waals surface area contributed by atoms with Gasteiger partial charge >= 0.3 is 0 Å². The molecule has 0 aliphatic heterocycles. The van der Waals surface area contributed by atoms with Gasteiger partial charge in [0.25, 0.3) is 0 Å². The van der Waals surface area contributed by atoms with Gasteiger partial charge in [0.1, 0.15) is 5.38 Å². The summed E-state index contributed by atoms with van der Waals surface area (Å²) in [6.45, 7) is 2.09. The molecule has 2 aromatic heterocycles. The molecule has 0 amide bonds. The van der Waals surface area contributed by atoms with Crippen LogP contribution in [0.1, 0.15) is 20.0 Å². The van der Waals surface area contributed by atoms with Gasteiger partial charge in [-0.2, -0.15) is 0 Å². The predicted octanol–water partition coefficient (Wildman–Crippen LogP) is 5.21. The third kappa shape index (κ3) is 2.06. The van der Waals surface area contributed by atoms with Crippen LogP contribution in [-0.2, 0) is 0 Å². The number of rotatable bonds is 2. The van der Waals surface area contributed by atoms with Crippen molar-refractivity contribution in [1.82, 2.24) is 0 Å². The highest BCUT2D eigenvalue weighted by Gasteiger charge is 2.15. The minimum atomic E-state index is 0.00463. The van der Waals surface area contributed by atoms with Gasteiger partial charge in [0.05, 0.1) is 0 Å². The minimum Gasteiger partial charge on any atom is -0.147 e. The number of alkyl halides is 1. The molecule has 0 N–H and O–H groups in total. The summed E-state index contributed by atoms with van der Waals surface area (Å²) in [5.74, 6) is 0. The van der Waals surface area contributed by atoms with E-state index in [9.17, 15) is 0 Å². The first-order valence-corrected chi connectivity index (χ1v) is 7.04. The second-order valence-electron chi connectivity index (χ2n) is 2.93. The van der Waals surface area contributed by atoms with Gasteiger partial charge in [0, 0.05) is 19.1 Å². The number of halogens is 2. The van der Waals surface area contributed by atoms with Gasteiger partial charge in [0.15, 0.2) is 0 Å². The molecule has 4 heteroatoms. The molecule has 0 nitrogen and oxygen atoms in total. The Balaban J connectivity index is 2.32. The molecule has 0 fully saturated rings. The van der Waals surface area contributed by atoms with Gasteiger partial charge in [-0.25, -0.2) is 0 Å². The van der Waals surface area contributed by atoms with Crippen LogP contribution in [0.3, 0.4) is 0 Å². The van der Waals surface area contributed by atoms with Crippen LogP contribution < -0.4 is 0 Å². The average molecular weight is 308 g/mol. The molecule has 2 heterocycles. The molecule has 0 aliphatic carbocycles. The first-order chi connectivity index (χ1) is 6.68. The first-order valence-electron chi connectivity index (χ1n) is 4.12. The van der Waals surface area contributed by atoms with E-state index in [0.29, 0.717) is 0 Å². The summed E-state index contributed by atoms with van der Waals surface area (Å²) in [6, 6.07) is 6.22. The Morgan fingerprint density at radius 3 is 2.71 bits per heavy atom. The van der Waals surface area contributed by atoms with Gasteiger partial charge < -0.3 is 0 Å². The third-order valence-electron chi connectivity index (χ3n) is 1.92.